The van der Waals surface area contributed by atoms with E-state index in [-0.39, 0.29) is 64.1 Å². The lowest BCUT2D eigenvalue weighted by Crippen LogP contribution is -2.42. The van der Waals surface area contributed by atoms with Crippen LogP contribution < -0.4 is 30.0 Å². The molecule has 2 amide bonds. The van der Waals surface area contributed by atoms with Gasteiger partial charge in [0.15, 0.2) is 11.5 Å². The number of nitrogens with two attached hydrogens (primary N) is 1. The van der Waals surface area contributed by atoms with Gasteiger partial charge in [0, 0.05) is 41.1 Å². The van der Waals surface area contributed by atoms with Gasteiger partial charge in [-0.2, -0.15) is 5.10 Å². The molecular formula is C36H32F3N5O7. The van der Waals surface area contributed by atoms with Gasteiger partial charge in [0.1, 0.15) is 28.3 Å². The zero-order chi connectivity index (χ0) is 36.1. The van der Waals surface area contributed by atoms with E-state index >= 15 is 0 Å². The number of ether oxygens (including phenoxy) is 4. The van der Waals surface area contributed by atoms with Gasteiger partial charge < -0.3 is 35.1 Å². The van der Waals surface area contributed by atoms with E-state index in [1.165, 1.54) is 48.3 Å². The van der Waals surface area contributed by atoms with Crippen molar-refractivity contribution in [3.63, 3.8) is 0 Å². The Hall–Kier alpha value is -5.83. The third-order valence-corrected chi connectivity index (χ3v) is 8.69. The summed E-state index contributed by atoms with van der Waals surface area (Å²) in [6, 6.07) is 16.9. The Balaban J connectivity index is 1.30. The van der Waals surface area contributed by atoms with Gasteiger partial charge in [-0.3, -0.25) is 9.59 Å². The Morgan fingerprint density at radius 1 is 1.06 bits per heavy atom. The van der Waals surface area contributed by atoms with E-state index in [0.717, 1.165) is 0 Å². The van der Waals surface area contributed by atoms with Crippen molar-refractivity contribution >= 4 is 22.7 Å². The largest absolute Gasteiger partial charge is 0.586 e. The van der Waals surface area contributed by atoms with Gasteiger partial charge in [0.2, 0.25) is 11.7 Å². The van der Waals surface area contributed by atoms with Crippen LogP contribution in [0, 0.1) is 0 Å². The third-order valence-electron chi connectivity index (χ3n) is 8.69. The Labute approximate surface area is 288 Å². The third kappa shape index (κ3) is 6.36. The molecule has 3 heterocycles. The summed E-state index contributed by atoms with van der Waals surface area (Å²) in [5.74, 6) is -2.94. The minimum atomic E-state index is -3.87. The van der Waals surface area contributed by atoms with Crippen LogP contribution in [-0.2, 0) is 22.6 Å². The molecule has 1 aliphatic heterocycles. The SMILES string of the molecule is CCOc1c(CC(N)=O)cc([C@@](O)(CNC(=O)c2cc(OC)c3nn(C4(F)CC4)cc3c2)c2ccccc2)nc1-c1ccc2c(c1)OC(F)(F)O2. The van der Waals surface area contributed by atoms with Crippen molar-refractivity contribution in [1.29, 1.82) is 0 Å². The number of nitrogens with zero attached hydrogens (tertiary/aromatic N) is 3. The first-order valence-corrected chi connectivity index (χ1v) is 16.0. The number of alkyl halides is 3. The number of rotatable bonds is 12. The lowest BCUT2D eigenvalue weighted by atomic mass is 9.87. The number of methoxy groups -OCH3 is 1. The van der Waals surface area contributed by atoms with Crippen LogP contribution in [0.25, 0.3) is 22.2 Å². The Morgan fingerprint density at radius 2 is 1.80 bits per heavy atom. The molecule has 264 valence electrons. The van der Waals surface area contributed by atoms with E-state index < -0.39 is 36.0 Å². The van der Waals surface area contributed by atoms with Crippen molar-refractivity contribution in [1.82, 2.24) is 20.1 Å². The zero-order valence-electron chi connectivity index (χ0n) is 27.4. The molecule has 1 atom stereocenters. The number of fused-ring (bicyclic) bond motifs is 2. The van der Waals surface area contributed by atoms with Gasteiger partial charge in [-0.1, -0.05) is 30.3 Å². The van der Waals surface area contributed by atoms with Gasteiger partial charge in [-0.15, -0.1) is 8.78 Å². The predicted molar refractivity (Wildman–Crippen MR) is 176 cm³/mol. The summed E-state index contributed by atoms with van der Waals surface area (Å²) in [5.41, 5.74) is 5.02. The summed E-state index contributed by atoms with van der Waals surface area (Å²) in [6.45, 7) is 1.42. The number of aliphatic hydroxyl groups is 1. The first-order valence-electron chi connectivity index (χ1n) is 16.0. The molecule has 1 saturated carbocycles. The number of aromatic nitrogens is 3. The molecule has 12 nitrogen and oxygen atoms in total. The maximum absolute atomic E-state index is 14.8. The first-order chi connectivity index (χ1) is 24.3. The number of benzene rings is 3. The normalized spacial score (nSPS) is 16.4. The fraction of sp³-hybridized carbons (Fsp3) is 0.278. The van der Waals surface area contributed by atoms with Crippen LogP contribution in [0.2, 0.25) is 0 Å². The number of carbonyl (C=O) groups excluding carboxylic acids is 2. The van der Waals surface area contributed by atoms with Crippen LogP contribution in [0.1, 0.15) is 46.9 Å². The van der Waals surface area contributed by atoms with E-state index in [2.05, 4.69) is 19.9 Å². The molecule has 4 N–H and O–H groups in total. The van der Waals surface area contributed by atoms with Crippen LogP contribution in [0.5, 0.6) is 23.0 Å². The second kappa shape index (κ2) is 12.5. The fourth-order valence-corrected chi connectivity index (χ4v) is 6.01. The first kappa shape index (κ1) is 33.7. The summed E-state index contributed by atoms with van der Waals surface area (Å²) >= 11 is 0. The van der Waals surface area contributed by atoms with Gasteiger partial charge in [-0.25, -0.2) is 14.1 Å². The Kier molecular flexibility index (Phi) is 8.25. The highest BCUT2D eigenvalue weighted by Gasteiger charge is 2.47. The quantitative estimate of drug-likeness (QED) is 0.164. The lowest BCUT2D eigenvalue weighted by molar-refractivity contribution is -0.286. The van der Waals surface area contributed by atoms with Gasteiger partial charge >= 0.3 is 6.29 Å². The van der Waals surface area contributed by atoms with Crippen LogP contribution in [0.3, 0.4) is 0 Å². The smallest absolute Gasteiger partial charge is 0.494 e. The van der Waals surface area contributed by atoms with E-state index in [1.54, 1.807) is 43.3 Å². The van der Waals surface area contributed by atoms with Crippen molar-refractivity contribution in [3.8, 4) is 34.3 Å². The van der Waals surface area contributed by atoms with Crippen LogP contribution in [0.4, 0.5) is 13.2 Å². The topological polar surface area (TPSA) is 160 Å². The fourth-order valence-electron chi connectivity index (χ4n) is 6.01. The molecule has 0 radical (unpaired) electrons. The summed E-state index contributed by atoms with van der Waals surface area (Å²) in [7, 11) is 1.41. The van der Waals surface area contributed by atoms with E-state index in [1.807, 2.05) is 0 Å². The molecule has 2 aliphatic rings. The molecule has 3 aromatic carbocycles. The number of primary amides is 1. The predicted octanol–water partition coefficient (Wildman–Crippen LogP) is 4.94. The summed E-state index contributed by atoms with van der Waals surface area (Å²) in [6.07, 6.45) is -2.01. The molecule has 0 saturated heterocycles. The highest BCUT2D eigenvalue weighted by molar-refractivity contribution is 6.00. The van der Waals surface area contributed by atoms with E-state index in [0.29, 0.717) is 29.3 Å². The van der Waals surface area contributed by atoms with E-state index in [9.17, 15) is 27.9 Å². The standard InChI is InChI=1S/C36H32F3N5O7/c1-3-49-32-21(17-29(40)45)16-28(42-31(32)20-9-10-25-26(14-20)51-36(38,39)50-25)35(47,24-7-5-4-6-8-24)19-41-33(46)22-13-23-18-44(34(37)11-12-34)43-30(23)27(15-22)48-2/h4-10,13-16,18,47H,3,11-12,17,19H2,1-2H3,(H2,40,45)(H,41,46)/t35-/m1/s1. The number of nitrogens with one attached hydrogen (secondary N) is 1. The number of carbonyl (C=O) groups is 2. The lowest BCUT2D eigenvalue weighted by Gasteiger charge is -2.30. The number of hydrogen-bond acceptors (Lipinski definition) is 9. The molecule has 0 spiro atoms. The molecule has 7 rings (SSSR count). The molecule has 2 aromatic heterocycles. The highest BCUT2D eigenvalue weighted by atomic mass is 19.3. The summed E-state index contributed by atoms with van der Waals surface area (Å²) < 4.78 is 64.4. The minimum Gasteiger partial charge on any atom is -0.494 e. The average molecular weight is 704 g/mol. The monoisotopic (exact) mass is 703 g/mol. The summed E-state index contributed by atoms with van der Waals surface area (Å²) in [5, 5.41) is 20.1. The maximum atomic E-state index is 14.8. The van der Waals surface area contributed by atoms with E-state index in [4.69, 9.17) is 20.2 Å². The van der Waals surface area contributed by atoms with Crippen LogP contribution >= 0.6 is 0 Å². The molecule has 0 unspecified atom stereocenters. The number of pyridine rings is 1. The van der Waals surface area contributed by atoms with Crippen LogP contribution in [0.15, 0.2) is 72.9 Å². The highest BCUT2D eigenvalue weighted by Crippen LogP contribution is 2.46. The number of halogens is 3. The van der Waals surface area contributed by atoms with Gasteiger partial charge in [0.05, 0.1) is 32.4 Å². The van der Waals surface area contributed by atoms with Gasteiger partial charge in [-0.05, 0) is 48.9 Å². The van der Waals surface area contributed by atoms with Crippen molar-refractivity contribution in [2.24, 2.45) is 5.73 Å². The molecule has 1 fully saturated rings. The maximum Gasteiger partial charge on any atom is 0.586 e. The van der Waals surface area contributed by atoms with Crippen molar-refractivity contribution in [2.75, 3.05) is 20.3 Å². The van der Waals surface area contributed by atoms with Crippen molar-refractivity contribution in [3.05, 3.63) is 95.3 Å². The molecule has 51 heavy (non-hydrogen) atoms. The molecule has 1 aliphatic carbocycles. The number of amides is 2. The van der Waals surface area contributed by atoms with Crippen molar-refractivity contribution < 1.29 is 46.8 Å². The van der Waals surface area contributed by atoms with Crippen LogP contribution in [-0.4, -0.2) is 58.2 Å². The van der Waals surface area contributed by atoms with Gasteiger partial charge in [0.25, 0.3) is 5.91 Å². The second-order valence-electron chi connectivity index (χ2n) is 12.3. The molecular weight excluding hydrogens is 671 g/mol. The van der Waals surface area contributed by atoms with Crippen molar-refractivity contribution in [2.45, 2.75) is 43.9 Å². The molecule has 0 bridgehead atoms. The second-order valence-corrected chi connectivity index (χ2v) is 12.3. The zero-order valence-corrected chi connectivity index (χ0v) is 27.4. The number of hydrogen-bond donors (Lipinski definition) is 3. The summed E-state index contributed by atoms with van der Waals surface area (Å²) in [4.78, 5) is 30.8. The Morgan fingerprint density at radius 3 is 2.49 bits per heavy atom. The average Bonchev–Trinajstić information content (AvgIpc) is 3.56. The molecule has 5 aromatic rings. The molecule has 15 heteroatoms. The minimum absolute atomic E-state index is 0.0151. The Bertz CT molecular complexity index is 2170.